The molecule has 5 heteroatoms. The number of rotatable bonds is 2. The van der Waals surface area contributed by atoms with Crippen LogP contribution in [-0.4, -0.2) is 25.3 Å². The van der Waals surface area contributed by atoms with Crippen LogP contribution in [0.1, 0.15) is 17.2 Å². The summed E-state index contributed by atoms with van der Waals surface area (Å²) in [5.41, 5.74) is 1.02. The Kier molecular flexibility index (Phi) is 3.14. The molecular formula is C8H10AsFO2S. The van der Waals surface area contributed by atoms with E-state index in [1.54, 1.807) is 29.0 Å². The summed E-state index contributed by atoms with van der Waals surface area (Å²) in [6.45, 7) is 2.01. The second-order valence-corrected chi connectivity index (χ2v) is 6.24. The second-order valence-electron chi connectivity index (χ2n) is 2.80. The maximum absolute atomic E-state index is 12.4. The van der Waals surface area contributed by atoms with Crippen LogP contribution in [-0.2, 0) is 10.2 Å². The molecule has 0 aromatic heterocycles. The summed E-state index contributed by atoms with van der Waals surface area (Å²) >= 11 is 1.54. The van der Waals surface area contributed by atoms with Gasteiger partial charge in [-0.25, -0.2) is 0 Å². The molecule has 0 saturated carbocycles. The van der Waals surface area contributed by atoms with Crippen molar-refractivity contribution in [3.63, 3.8) is 0 Å². The van der Waals surface area contributed by atoms with Gasteiger partial charge >= 0.3 is 85.7 Å². The fourth-order valence-corrected chi connectivity index (χ4v) is 1.86. The molecular weight excluding hydrogens is 254 g/mol. The average Bonchev–Trinajstić information content (AvgIpc) is 2.03. The van der Waals surface area contributed by atoms with E-state index in [-0.39, 0.29) is 4.90 Å². The quantitative estimate of drug-likeness (QED) is 0.591. The first-order chi connectivity index (χ1) is 5.91. The molecule has 2 atom stereocenters. The van der Waals surface area contributed by atoms with Gasteiger partial charge < -0.3 is 0 Å². The van der Waals surface area contributed by atoms with Crippen molar-refractivity contribution >= 4 is 27.1 Å². The molecule has 0 spiro atoms. The zero-order chi connectivity index (χ0) is 10.1. The van der Waals surface area contributed by atoms with Gasteiger partial charge in [0.2, 0.25) is 0 Å². The minimum absolute atomic E-state index is 0.274. The zero-order valence-corrected chi connectivity index (χ0v) is 10.3. The fraction of sp³-hybridized carbons (Fsp3) is 0.250. The molecule has 0 radical (unpaired) electrons. The first-order valence-corrected chi connectivity index (χ1v) is 6.49. The predicted molar refractivity (Wildman–Crippen MR) is 51.7 cm³/mol. The normalized spacial score (nSPS) is 14.1. The van der Waals surface area contributed by atoms with Gasteiger partial charge in [0, 0.05) is 0 Å². The van der Waals surface area contributed by atoms with Crippen LogP contribution in [0.25, 0.3) is 0 Å². The third kappa shape index (κ3) is 2.81. The van der Waals surface area contributed by atoms with Crippen molar-refractivity contribution in [2.45, 2.75) is 16.5 Å². The van der Waals surface area contributed by atoms with Gasteiger partial charge in [-0.2, -0.15) is 0 Å². The third-order valence-corrected chi connectivity index (χ3v) is 3.33. The summed E-state index contributed by atoms with van der Waals surface area (Å²) in [6.07, 6.45) is 0. The van der Waals surface area contributed by atoms with E-state index in [9.17, 15) is 12.3 Å². The van der Waals surface area contributed by atoms with Crippen LogP contribution >= 0.6 is 0 Å². The summed E-state index contributed by atoms with van der Waals surface area (Å²) in [7, 11) is -4.54. The van der Waals surface area contributed by atoms with E-state index in [0.29, 0.717) is 4.71 Å². The van der Waals surface area contributed by atoms with Crippen LogP contribution in [0.15, 0.2) is 29.2 Å². The van der Waals surface area contributed by atoms with Gasteiger partial charge in [0.25, 0.3) is 0 Å². The van der Waals surface area contributed by atoms with Gasteiger partial charge in [-0.05, 0) is 0 Å². The number of benzene rings is 1. The van der Waals surface area contributed by atoms with E-state index in [2.05, 4.69) is 0 Å². The SMILES string of the molecule is CC([AsH2])c1ccc(S(=O)(=O)F)cc1. The second kappa shape index (κ2) is 3.80. The van der Waals surface area contributed by atoms with Crippen LogP contribution in [0.5, 0.6) is 0 Å². The summed E-state index contributed by atoms with van der Waals surface area (Å²) in [5, 5.41) is 0. The molecule has 0 fully saturated rings. The van der Waals surface area contributed by atoms with E-state index in [0.717, 1.165) is 5.56 Å². The molecule has 0 amide bonds. The van der Waals surface area contributed by atoms with Gasteiger partial charge in [0.1, 0.15) is 0 Å². The molecule has 0 aliphatic carbocycles. The Morgan fingerprint density at radius 3 is 2.08 bits per heavy atom. The summed E-state index contributed by atoms with van der Waals surface area (Å²) in [6, 6.07) is 5.86. The van der Waals surface area contributed by atoms with Crippen molar-refractivity contribution in [2.24, 2.45) is 0 Å². The molecule has 2 unspecified atom stereocenters. The minimum atomic E-state index is -4.54. The van der Waals surface area contributed by atoms with Crippen molar-refractivity contribution < 1.29 is 12.3 Å². The van der Waals surface area contributed by atoms with E-state index in [1.165, 1.54) is 12.1 Å². The fourth-order valence-electron chi connectivity index (χ4n) is 0.934. The summed E-state index contributed by atoms with van der Waals surface area (Å²) in [4.78, 5) is -0.274. The van der Waals surface area contributed by atoms with Crippen LogP contribution in [0.4, 0.5) is 3.89 Å². The van der Waals surface area contributed by atoms with E-state index >= 15 is 0 Å². The zero-order valence-electron chi connectivity index (χ0n) is 7.07. The van der Waals surface area contributed by atoms with Gasteiger partial charge in [0.15, 0.2) is 0 Å². The Morgan fingerprint density at radius 2 is 1.77 bits per heavy atom. The topological polar surface area (TPSA) is 34.1 Å². The first kappa shape index (κ1) is 10.7. The molecule has 0 aliphatic rings. The molecule has 0 heterocycles. The Labute approximate surface area is 85.9 Å². The Morgan fingerprint density at radius 1 is 1.31 bits per heavy atom. The monoisotopic (exact) mass is 264 g/mol. The number of hydrogen-bond acceptors (Lipinski definition) is 2. The average molecular weight is 264 g/mol. The van der Waals surface area contributed by atoms with E-state index in [1.807, 2.05) is 6.92 Å². The molecule has 0 saturated heterocycles. The van der Waals surface area contributed by atoms with Crippen molar-refractivity contribution in [2.75, 3.05) is 0 Å². The van der Waals surface area contributed by atoms with E-state index < -0.39 is 10.2 Å². The van der Waals surface area contributed by atoms with Crippen LogP contribution < -0.4 is 0 Å². The van der Waals surface area contributed by atoms with Crippen LogP contribution in [0.2, 0.25) is 0 Å². The number of halogens is 1. The molecule has 2 nitrogen and oxygen atoms in total. The van der Waals surface area contributed by atoms with Gasteiger partial charge in [-0.15, -0.1) is 0 Å². The van der Waals surface area contributed by atoms with Crippen LogP contribution in [0, 0.1) is 0 Å². The summed E-state index contributed by atoms with van der Waals surface area (Å²) < 4.78 is 33.7. The van der Waals surface area contributed by atoms with E-state index in [4.69, 9.17) is 0 Å². The van der Waals surface area contributed by atoms with Crippen molar-refractivity contribution in [1.82, 2.24) is 0 Å². The first-order valence-electron chi connectivity index (χ1n) is 3.71. The molecule has 1 rings (SSSR count). The van der Waals surface area contributed by atoms with Crippen molar-refractivity contribution in [3.8, 4) is 0 Å². The molecule has 72 valence electrons. The molecule has 0 bridgehead atoms. The molecule has 0 aliphatic heterocycles. The predicted octanol–water partition coefficient (Wildman–Crippen LogP) is 1.04. The third-order valence-electron chi connectivity index (χ3n) is 1.69. The van der Waals surface area contributed by atoms with Crippen molar-refractivity contribution in [1.29, 1.82) is 0 Å². The molecule has 13 heavy (non-hydrogen) atoms. The molecule has 1 aromatic carbocycles. The van der Waals surface area contributed by atoms with Gasteiger partial charge in [0.05, 0.1) is 0 Å². The van der Waals surface area contributed by atoms with Crippen LogP contribution in [0.3, 0.4) is 0 Å². The maximum atomic E-state index is 12.4. The van der Waals surface area contributed by atoms with Crippen molar-refractivity contribution in [3.05, 3.63) is 29.8 Å². The Hall–Kier alpha value is -0.342. The molecule has 0 N–H and O–H groups in total. The van der Waals surface area contributed by atoms with Gasteiger partial charge in [-0.1, -0.05) is 0 Å². The summed E-state index contributed by atoms with van der Waals surface area (Å²) in [5.74, 6) is 0. The standard InChI is InChI=1S/C8H10AsFO2S/c1-6(9)7-2-4-8(5-3-7)13(10,11)12/h2-6H,9H2,1H3. The number of hydrogen-bond donors (Lipinski definition) is 0. The molecule has 1 aromatic rings. The Bertz CT molecular complexity index is 383. The Balaban J connectivity index is 3.08. The van der Waals surface area contributed by atoms with Gasteiger partial charge in [-0.3, -0.25) is 0 Å².